The van der Waals surface area contributed by atoms with Gasteiger partial charge in [0.2, 0.25) is 5.91 Å². The molecule has 2 N–H and O–H groups in total. The van der Waals surface area contributed by atoms with Crippen molar-refractivity contribution in [2.45, 2.75) is 19.4 Å². The molecule has 7 heteroatoms. The normalized spacial score (nSPS) is 18.9. The Morgan fingerprint density at radius 2 is 2.17 bits per heavy atom. The van der Waals surface area contributed by atoms with Crippen LogP contribution in [0, 0.1) is 5.92 Å². The molecule has 1 saturated carbocycles. The third kappa shape index (κ3) is 3.77. The lowest BCUT2D eigenvalue weighted by Gasteiger charge is -2.09. The monoisotopic (exact) mass is 348 g/mol. The molecule has 0 aliphatic heterocycles. The Morgan fingerprint density at radius 3 is 2.83 bits per heavy atom. The van der Waals surface area contributed by atoms with E-state index in [0.29, 0.717) is 23.0 Å². The summed E-state index contributed by atoms with van der Waals surface area (Å²) in [4.78, 5) is 24.0. The number of benzene rings is 1. The van der Waals surface area contributed by atoms with Gasteiger partial charge in [-0.15, -0.1) is 0 Å². The first-order valence-electron chi connectivity index (χ1n) is 7.65. The number of furan rings is 1. The highest BCUT2D eigenvalue weighted by Crippen LogP contribution is 2.35. The molecule has 1 heterocycles. The summed E-state index contributed by atoms with van der Waals surface area (Å²) in [6.07, 6.45) is 2.17. The van der Waals surface area contributed by atoms with Crippen LogP contribution in [-0.2, 0) is 9.53 Å². The lowest BCUT2D eigenvalue weighted by molar-refractivity contribution is -0.118. The number of hydrogen-bond donors (Lipinski definition) is 2. The van der Waals surface area contributed by atoms with E-state index in [2.05, 4.69) is 10.6 Å². The summed E-state index contributed by atoms with van der Waals surface area (Å²) in [7, 11) is 0. The second kappa shape index (κ2) is 7.07. The average Bonchev–Trinajstić information content (AvgIpc) is 3.10. The maximum Gasteiger partial charge on any atom is 0.291 e. The van der Waals surface area contributed by atoms with Crippen molar-refractivity contribution in [3.05, 3.63) is 47.4 Å². The van der Waals surface area contributed by atoms with Gasteiger partial charge < -0.3 is 19.8 Å². The number of halogens is 1. The Morgan fingerprint density at radius 1 is 1.33 bits per heavy atom. The zero-order chi connectivity index (χ0) is 17.1. The minimum Gasteiger partial charge on any atom is -0.459 e. The van der Waals surface area contributed by atoms with Crippen LogP contribution in [0.1, 0.15) is 23.9 Å². The largest absolute Gasteiger partial charge is 0.459 e. The smallest absolute Gasteiger partial charge is 0.291 e. The molecular formula is C17H17ClN2O4. The van der Waals surface area contributed by atoms with Crippen LogP contribution >= 0.6 is 11.6 Å². The van der Waals surface area contributed by atoms with Crippen molar-refractivity contribution < 1.29 is 18.7 Å². The zero-order valence-corrected chi connectivity index (χ0v) is 13.8. The minimum absolute atomic E-state index is 0.0114. The van der Waals surface area contributed by atoms with Gasteiger partial charge in [0.1, 0.15) is 0 Å². The molecule has 0 saturated heterocycles. The lowest BCUT2D eigenvalue weighted by Crippen LogP contribution is -2.17. The van der Waals surface area contributed by atoms with Gasteiger partial charge in [-0.1, -0.05) is 11.6 Å². The van der Waals surface area contributed by atoms with Crippen molar-refractivity contribution in [1.82, 2.24) is 0 Å². The number of ether oxygens (including phenoxy) is 1. The molecule has 2 amide bonds. The Bertz CT molecular complexity index is 745. The third-order valence-corrected chi connectivity index (χ3v) is 3.99. The van der Waals surface area contributed by atoms with Crippen molar-refractivity contribution in [2.75, 3.05) is 17.2 Å². The molecule has 3 rings (SSSR count). The SMILES string of the molecule is CCO[C@H]1C[C@H]1C(=O)Nc1ccc(NC(=O)c2ccco2)c(Cl)c1. The molecule has 0 spiro atoms. The number of nitrogens with one attached hydrogen (secondary N) is 2. The molecule has 6 nitrogen and oxygen atoms in total. The molecule has 1 aliphatic carbocycles. The highest BCUT2D eigenvalue weighted by Gasteiger charge is 2.43. The van der Waals surface area contributed by atoms with Crippen molar-refractivity contribution >= 4 is 34.8 Å². The van der Waals surface area contributed by atoms with E-state index in [1.54, 1.807) is 30.3 Å². The summed E-state index contributed by atoms with van der Waals surface area (Å²) >= 11 is 6.17. The van der Waals surface area contributed by atoms with Gasteiger partial charge in [0, 0.05) is 12.3 Å². The lowest BCUT2D eigenvalue weighted by atomic mass is 10.2. The molecule has 1 aromatic carbocycles. The first-order chi connectivity index (χ1) is 11.6. The zero-order valence-electron chi connectivity index (χ0n) is 13.0. The Balaban J connectivity index is 1.60. The van der Waals surface area contributed by atoms with Crippen LogP contribution in [0.4, 0.5) is 11.4 Å². The van der Waals surface area contributed by atoms with Gasteiger partial charge in [0.25, 0.3) is 5.91 Å². The van der Waals surface area contributed by atoms with Gasteiger partial charge in [-0.25, -0.2) is 0 Å². The Labute approximate surface area is 144 Å². The summed E-state index contributed by atoms with van der Waals surface area (Å²) in [5.41, 5.74) is 1.01. The van der Waals surface area contributed by atoms with Gasteiger partial charge in [0.05, 0.1) is 29.0 Å². The number of carbonyl (C=O) groups is 2. The van der Waals surface area contributed by atoms with Gasteiger partial charge in [-0.3, -0.25) is 9.59 Å². The summed E-state index contributed by atoms with van der Waals surface area (Å²) in [5, 5.41) is 5.79. The van der Waals surface area contributed by atoms with Crippen LogP contribution in [0.3, 0.4) is 0 Å². The van der Waals surface area contributed by atoms with Crippen LogP contribution in [0.5, 0.6) is 0 Å². The second-order valence-corrected chi connectivity index (χ2v) is 5.86. The summed E-state index contributed by atoms with van der Waals surface area (Å²) in [5.74, 6) is -0.394. The molecule has 1 aliphatic rings. The highest BCUT2D eigenvalue weighted by molar-refractivity contribution is 6.34. The van der Waals surface area contributed by atoms with Crippen LogP contribution in [0.15, 0.2) is 41.0 Å². The first kappa shape index (κ1) is 16.5. The molecule has 0 bridgehead atoms. The van der Waals surface area contributed by atoms with Crippen molar-refractivity contribution in [2.24, 2.45) is 5.92 Å². The number of anilines is 2. The molecular weight excluding hydrogens is 332 g/mol. The fraction of sp³-hybridized carbons (Fsp3) is 0.294. The summed E-state index contributed by atoms with van der Waals surface area (Å²) in [6, 6.07) is 8.09. The van der Waals surface area contributed by atoms with Gasteiger partial charge in [-0.05, 0) is 43.7 Å². The van der Waals surface area contributed by atoms with Crippen LogP contribution in [0.25, 0.3) is 0 Å². The van der Waals surface area contributed by atoms with Crippen LogP contribution in [0.2, 0.25) is 5.02 Å². The molecule has 126 valence electrons. The molecule has 24 heavy (non-hydrogen) atoms. The molecule has 1 fully saturated rings. The molecule has 0 radical (unpaired) electrons. The maximum atomic E-state index is 12.1. The molecule has 0 unspecified atom stereocenters. The van der Waals surface area contributed by atoms with E-state index in [4.69, 9.17) is 20.8 Å². The fourth-order valence-corrected chi connectivity index (χ4v) is 2.59. The predicted molar refractivity (Wildman–Crippen MR) is 90.3 cm³/mol. The highest BCUT2D eigenvalue weighted by atomic mass is 35.5. The first-order valence-corrected chi connectivity index (χ1v) is 8.03. The predicted octanol–water partition coefficient (Wildman–Crippen LogP) is 3.55. The van der Waals surface area contributed by atoms with Crippen LogP contribution in [-0.4, -0.2) is 24.5 Å². The quantitative estimate of drug-likeness (QED) is 0.836. The van der Waals surface area contributed by atoms with E-state index in [9.17, 15) is 9.59 Å². The molecule has 1 aromatic heterocycles. The number of carbonyl (C=O) groups excluding carboxylic acids is 2. The number of hydrogen-bond acceptors (Lipinski definition) is 4. The minimum atomic E-state index is -0.392. The van der Waals surface area contributed by atoms with Crippen molar-refractivity contribution in [3.8, 4) is 0 Å². The van der Waals surface area contributed by atoms with Crippen molar-refractivity contribution in [1.29, 1.82) is 0 Å². The topological polar surface area (TPSA) is 80.6 Å². The Hall–Kier alpha value is -2.31. The van der Waals surface area contributed by atoms with E-state index >= 15 is 0 Å². The average molecular weight is 349 g/mol. The number of amides is 2. The fourth-order valence-electron chi connectivity index (χ4n) is 2.37. The standard InChI is InChI=1S/C17H17ClN2O4/c1-2-23-15-9-11(15)16(21)19-10-5-6-13(12(18)8-10)20-17(22)14-4-3-7-24-14/h3-8,11,15H,2,9H2,1H3,(H,19,21)(H,20,22)/t11-,15+/m1/s1. The summed E-state index contributed by atoms with van der Waals surface area (Å²) < 4.78 is 10.4. The van der Waals surface area contributed by atoms with E-state index in [1.807, 2.05) is 6.92 Å². The van der Waals surface area contributed by atoms with Gasteiger partial charge in [-0.2, -0.15) is 0 Å². The van der Waals surface area contributed by atoms with Gasteiger partial charge >= 0.3 is 0 Å². The molecule has 2 aromatic rings. The van der Waals surface area contributed by atoms with E-state index in [-0.39, 0.29) is 23.7 Å². The molecule has 2 atom stereocenters. The van der Waals surface area contributed by atoms with Gasteiger partial charge in [0.15, 0.2) is 5.76 Å². The van der Waals surface area contributed by atoms with E-state index in [1.165, 1.54) is 6.26 Å². The van der Waals surface area contributed by atoms with Crippen molar-refractivity contribution in [3.63, 3.8) is 0 Å². The van der Waals surface area contributed by atoms with E-state index < -0.39 is 5.91 Å². The number of rotatable bonds is 6. The summed E-state index contributed by atoms with van der Waals surface area (Å²) in [6.45, 7) is 2.51. The Kier molecular flexibility index (Phi) is 4.87. The third-order valence-electron chi connectivity index (χ3n) is 3.68. The van der Waals surface area contributed by atoms with E-state index in [0.717, 1.165) is 6.42 Å². The maximum absolute atomic E-state index is 12.1. The second-order valence-electron chi connectivity index (χ2n) is 5.45. The van der Waals surface area contributed by atoms with Crippen LogP contribution < -0.4 is 10.6 Å².